The lowest BCUT2D eigenvalue weighted by atomic mass is 10.2. The maximum absolute atomic E-state index is 4.28. The summed E-state index contributed by atoms with van der Waals surface area (Å²) in [5.74, 6) is 0.900. The van der Waals surface area contributed by atoms with E-state index in [0.29, 0.717) is 12.1 Å². The predicted molar refractivity (Wildman–Crippen MR) is 99.0 cm³/mol. The Balaban J connectivity index is 2.18. The first-order valence-electron chi connectivity index (χ1n) is 8.27. The summed E-state index contributed by atoms with van der Waals surface area (Å²) in [6, 6.07) is 5.48. The van der Waals surface area contributed by atoms with Gasteiger partial charge in [-0.15, -0.1) is 11.3 Å². The maximum atomic E-state index is 4.28. The van der Waals surface area contributed by atoms with Crippen molar-refractivity contribution in [2.24, 2.45) is 4.99 Å². The number of hydrogen-bond acceptors (Lipinski definition) is 3. The molecule has 22 heavy (non-hydrogen) atoms. The Morgan fingerprint density at radius 2 is 1.86 bits per heavy atom. The van der Waals surface area contributed by atoms with Crippen molar-refractivity contribution in [2.45, 2.75) is 52.6 Å². The minimum absolute atomic E-state index is 0.600. The van der Waals surface area contributed by atoms with Crippen molar-refractivity contribution in [1.29, 1.82) is 0 Å². The normalized spacial score (nSPS) is 12.5. The fraction of sp³-hybridized carbons (Fsp3) is 0.706. The lowest BCUT2D eigenvalue weighted by molar-refractivity contribution is 0.173. The van der Waals surface area contributed by atoms with E-state index in [1.54, 1.807) is 11.3 Å². The molecular weight excluding hydrogens is 292 g/mol. The summed E-state index contributed by atoms with van der Waals surface area (Å²) >= 11 is 1.81. The van der Waals surface area contributed by atoms with Gasteiger partial charge >= 0.3 is 0 Å². The molecule has 0 spiro atoms. The van der Waals surface area contributed by atoms with Gasteiger partial charge in [0.25, 0.3) is 0 Å². The molecule has 2 N–H and O–H groups in total. The van der Waals surface area contributed by atoms with Crippen molar-refractivity contribution < 1.29 is 0 Å². The van der Waals surface area contributed by atoms with Crippen LogP contribution in [-0.2, 0) is 6.42 Å². The molecule has 0 bridgehead atoms. The summed E-state index contributed by atoms with van der Waals surface area (Å²) in [6.07, 6.45) is 2.18. The molecule has 5 heteroatoms. The van der Waals surface area contributed by atoms with Gasteiger partial charge in [-0.05, 0) is 52.0 Å². The second-order valence-corrected chi connectivity index (χ2v) is 7.07. The molecule has 0 atom stereocenters. The van der Waals surface area contributed by atoms with Crippen molar-refractivity contribution in [3.63, 3.8) is 0 Å². The number of nitrogens with zero attached hydrogens (tertiary/aromatic N) is 2. The van der Waals surface area contributed by atoms with Crippen molar-refractivity contribution >= 4 is 17.3 Å². The van der Waals surface area contributed by atoms with E-state index >= 15 is 0 Å². The van der Waals surface area contributed by atoms with Crippen LogP contribution in [0.3, 0.4) is 0 Å². The maximum Gasteiger partial charge on any atom is 0.190 e. The third-order valence-corrected chi connectivity index (χ3v) is 4.62. The number of nitrogens with one attached hydrogen (secondary N) is 2. The Labute approximate surface area is 140 Å². The van der Waals surface area contributed by atoms with Crippen LogP contribution in [0.4, 0.5) is 0 Å². The van der Waals surface area contributed by atoms with Gasteiger partial charge in [-0.2, -0.15) is 0 Å². The van der Waals surface area contributed by atoms with Crippen LogP contribution in [0.1, 0.15) is 39.0 Å². The van der Waals surface area contributed by atoms with Gasteiger partial charge in [0, 0.05) is 43.6 Å². The number of rotatable bonds is 9. The summed E-state index contributed by atoms with van der Waals surface area (Å²) in [7, 11) is 1.83. The highest BCUT2D eigenvalue weighted by molar-refractivity contribution is 7.09. The molecule has 0 amide bonds. The molecule has 0 saturated carbocycles. The minimum Gasteiger partial charge on any atom is -0.356 e. The molecule has 0 unspecified atom stereocenters. The molecule has 0 fully saturated rings. The highest BCUT2D eigenvalue weighted by Gasteiger charge is 2.12. The Morgan fingerprint density at radius 1 is 1.18 bits per heavy atom. The van der Waals surface area contributed by atoms with Crippen LogP contribution in [-0.4, -0.2) is 49.6 Å². The van der Waals surface area contributed by atoms with Gasteiger partial charge < -0.3 is 10.6 Å². The van der Waals surface area contributed by atoms with Crippen LogP contribution < -0.4 is 10.6 Å². The standard InChI is InChI=1S/C17H32N4S/c1-14(2)21(15(3)4)12-7-10-19-17(18-5)20-11-9-16-8-6-13-22-16/h6,8,13-15H,7,9-12H2,1-5H3,(H2,18,19,20). The number of aliphatic imine (C=N–C) groups is 1. The smallest absolute Gasteiger partial charge is 0.190 e. The number of guanidine groups is 1. The summed E-state index contributed by atoms with van der Waals surface area (Å²) in [6.45, 7) is 12.0. The van der Waals surface area contributed by atoms with Gasteiger partial charge in [-0.3, -0.25) is 9.89 Å². The Morgan fingerprint density at radius 3 is 2.41 bits per heavy atom. The van der Waals surface area contributed by atoms with Crippen LogP contribution >= 0.6 is 11.3 Å². The second kappa shape index (κ2) is 10.6. The average Bonchev–Trinajstić information content (AvgIpc) is 2.97. The van der Waals surface area contributed by atoms with E-state index in [1.165, 1.54) is 4.88 Å². The largest absolute Gasteiger partial charge is 0.356 e. The minimum atomic E-state index is 0.600. The molecule has 0 radical (unpaired) electrons. The second-order valence-electron chi connectivity index (χ2n) is 6.03. The van der Waals surface area contributed by atoms with E-state index in [4.69, 9.17) is 0 Å². The van der Waals surface area contributed by atoms with Crippen molar-refractivity contribution in [1.82, 2.24) is 15.5 Å². The Bertz CT molecular complexity index is 404. The molecule has 1 rings (SSSR count). The van der Waals surface area contributed by atoms with E-state index < -0.39 is 0 Å². The van der Waals surface area contributed by atoms with Gasteiger partial charge in [-0.25, -0.2) is 0 Å². The Kier molecular flexibility index (Phi) is 9.16. The van der Waals surface area contributed by atoms with Gasteiger partial charge in [0.15, 0.2) is 5.96 Å². The van der Waals surface area contributed by atoms with E-state index in [0.717, 1.165) is 38.4 Å². The third kappa shape index (κ3) is 7.27. The third-order valence-electron chi connectivity index (χ3n) is 3.68. The molecule has 0 aliphatic carbocycles. The molecule has 126 valence electrons. The highest BCUT2D eigenvalue weighted by Crippen LogP contribution is 2.08. The van der Waals surface area contributed by atoms with E-state index in [2.05, 4.69) is 65.7 Å². The molecule has 1 aromatic rings. The summed E-state index contributed by atoms with van der Waals surface area (Å²) < 4.78 is 0. The molecular formula is C17H32N4S. The van der Waals surface area contributed by atoms with Crippen LogP contribution in [0.25, 0.3) is 0 Å². The van der Waals surface area contributed by atoms with Crippen molar-refractivity contribution in [3.8, 4) is 0 Å². The van der Waals surface area contributed by atoms with Crippen LogP contribution in [0, 0.1) is 0 Å². The first kappa shape index (κ1) is 19.0. The monoisotopic (exact) mass is 324 g/mol. The Hall–Kier alpha value is -1.07. The molecule has 0 aliphatic rings. The number of hydrogen-bond donors (Lipinski definition) is 2. The quantitative estimate of drug-likeness (QED) is 0.417. The fourth-order valence-corrected chi connectivity index (χ4v) is 3.27. The van der Waals surface area contributed by atoms with Gasteiger partial charge in [-0.1, -0.05) is 6.07 Å². The van der Waals surface area contributed by atoms with Gasteiger partial charge in [0.2, 0.25) is 0 Å². The lowest BCUT2D eigenvalue weighted by Gasteiger charge is -2.30. The lowest BCUT2D eigenvalue weighted by Crippen LogP contribution is -2.41. The fourth-order valence-electron chi connectivity index (χ4n) is 2.56. The summed E-state index contributed by atoms with van der Waals surface area (Å²) in [4.78, 5) is 8.21. The van der Waals surface area contributed by atoms with E-state index in [1.807, 2.05) is 7.05 Å². The topological polar surface area (TPSA) is 39.7 Å². The molecule has 1 aromatic heterocycles. The van der Waals surface area contributed by atoms with Crippen LogP contribution in [0.5, 0.6) is 0 Å². The molecule has 0 aromatic carbocycles. The first-order valence-corrected chi connectivity index (χ1v) is 9.15. The van der Waals surface area contributed by atoms with Crippen molar-refractivity contribution in [2.75, 3.05) is 26.7 Å². The van der Waals surface area contributed by atoms with Gasteiger partial charge in [0.05, 0.1) is 0 Å². The zero-order valence-corrected chi connectivity index (χ0v) is 15.5. The predicted octanol–water partition coefficient (Wildman–Crippen LogP) is 2.96. The summed E-state index contributed by atoms with van der Waals surface area (Å²) in [5.41, 5.74) is 0. The average molecular weight is 325 g/mol. The summed E-state index contributed by atoms with van der Waals surface area (Å²) in [5, 5.41) is 8.89. The zero-order chi connectivity index (χ0) is 16.4. The van der Waals surface area contributed by atoms with Crippen LogP contribution in [0.2, 0.25) is 0 Å². The van der Waals surface area contributed by atoms with Crippen LogP contribution in [0.15, 0.2) is 22.5 Å². The van der Waals surface area contributed by atoms with Crippen molar-refractivity contribution in [3.05, 3.63) is 22.4 Å². The molecule has 0 saturated heterocycles. The highest BCUT2D eigenvalue weighted by atomic mass is 32.1. The molecule has 4 nitrogen and oxygen atoms in total. The van der Waals surface area contributed by atoms with E-state index in [9.17, 15) is 0 Å². The first-order chi connectivity index (χ1) is 10.5. The molecule has 1 heterocycles. The zero-order valence-electron chi connectivity index (χ0n) is 14.7. The van der Waals surface area contributed by atoms with Gasteiger partial charge in [0.1, 0.15) is 0 Å². The molecule has 0 aliphatic heterocycles. The van der Waals surface area contributed by atoms with E-state index in [-0.39, 0.29) is 0 Å². The number of thiophene rings is 1. The SMILES string of the molecule is CN=C(NCCCN(C(C)C)C(C)C)NCCc1cccs1.